The van der Waals surface area contributed by atoms with Crippen LogP contribution in [0.25, 0.3) is 0 Å². The van der Waals surface area contributed by atoms with E-state index in [2.05, 4.69) is 39.1 Å². The Hall–Kier alpha value is -0.990. The van der Waals surface area contributed by atoms with Crippen molar-refractivity contribution in [3.63, 3.8) is 0 Å². The van der Waals surface area contributed by atoms with Gasteiger partial charge in [0.05, 0.1) is 0 Å². The lowest BCUT2D eigenvalue weighted by Gasteiger charge is -2.14. The molecule has 0 aliphatic rings. The normalized spacial score (nSPS) is 12.8. The van der Waals surface area contributed by atoms with Gasteiger partial charge in [-0.15, -0.1) is 0 Å². The van der Waals surface area contributed by atoms with Crippen LogP contribution in [-0.2, 0) is 0 Å². The highest BCUT2D eigenvalue weighted by Crippen LogP contribution is 2.18. The topological polar surface area (TPSA) is 55.1 Å². The van der Waals surface area contributed by atoms with Gasteiger partial charge in [0, 0.05) is 6.54 Å². The van der Waals surface area contributed by atoms with E-state index in [9.17, 15) is 4.79 Å². The Morgan fingerprint density at radius 1 is 1.46 bits per heavy atom. The van der Waals surface area contributed by atoms with Crippen molar-refractivity contribution in [2.24, 2.45) is 11.1 Å². The first-order valence-corrected chi connectivity index (χ1v) is 4.53. The Balaban J connectivity index is 3.81. The number of primary amides is 1. The van der Waals surface area contributed by atoms with Crippen LogP contribution in [0.3, 0.4) is 0 Å². The van der Waals surface area contributed by atoms with E-state index in [1.807, 2.05) is 0 Å². The molecule has 0 heterocycles. The summed E-state index contributed by atoms with van der Waals surface area (Å²) in [4.78, 5) is 10.4. The lowest BCUT2D eigenvalue weighted by atomic mass is 9.93. The smallest absolute Gasteiger partial charge is 0.312 e. The Morgan fingerprint density at radius 2 is 2.00 bits per heavy atom. The predicted octanol–water partition coefficient (Wildman–Crippen LogP) is 2.04. The average Bonchev–Trinajstić information content (AvgIpc) is 1.81. The van der Waals surface area contributed by atoms with Crippen molar-refractivity contribution < 1.29 is 4.79 Å². The molecular weight excluding hydrogens is 164 g/mol. The highest BCUT2D eigenvalue weighted by molar-refractivity contribution is 5.71. The van der Waals surface area contributed by atoms with Crippen LogP contribution in [0.2, 0.25) is 0 Å². The van der Waals surface area contributed by atoms with Gasteiger partial charge in [-0.25, -0.2) is 4.79 Å². The molecule has 0 radical (unpaired) electrons. The molecule has 76 valence electrons. The highest BCUT2D eigenvalue weighted by atomic mass is 16.2. The van der Waals surface area contributed by atoms with Crippen molar-refractivity contribution in [3.8, 4) is 0 Å². The number of nitrogens with one attached hydrogen (secondary N) is 1. The SMILES string of the molecule is C/C(=C\C(C)(C)C)CCNC(N)=O. The number of hydrogen-bond acceptors (Lipinski definition) is 1. The van der Waals surface area contributed by atoms with Crippen LogP contribution in [0.4, 0.5) is 4.79 Å². The summed E-state index contributed by atoms with van der Waals surface area (Å²) in [7, 11) is 0. The van der Waals surface area contributed by atoms with E-state index in [0.29, 0.717) is 6.54 Å². The molecule has 0 aromatic heterocycles. The quantitative estimate of drug-likeness (QED) is 0.648. The maximum Gasteiger partial charge on any atom is 0.312 e. The first kappa shape index (κ1) is 12.0. The number of carbonyl (C=O) groups is 1. The van der Waals surface area contributed by atoms with Crippen LogP contribution in [0.1, 0.15) is 34.1 Å². The largest absolute Gasteiger partial charge is 0.352 e. The van der Waals surface area contributed by atoms with Crippen LogP contribution in [-0.4, -0.2) is 12.6 Å². The monoisotopic (exact) mass is 184 g/mol. The van der Waals surface area contributed by atoms with Gasteiger partial charge in [0.1, 0.15) is 0 Å². The van der Waals surface area contributed by atoms with Gasteiger partial charge in [-0.2, -0.15) is 0 Å². The Kier molecular flexibility index (Phi) is 4.52. The number of carbonyl (C=O) groups excluding carboxylic acids is 1. The van der Waals surface area contributed by atoms with E-state index in [-0.39, 0.29) is 5.41 Å². The zero-order valence-corrected chi connectivity index (χ0v) is 8.98. The number of urea groups is 1. The molecule has 0 fully saturated rings. The summed E-state index contributed by atoms with van der Waals surface area (Å²) in [5.41, 5.74) is 6.42. The van der Waals surface area contributed by atoms with Crippen molar-refractivity contribution in [3.05, 3.63) is 11.6 Å². The van der Waals surface area contributed by atoms with Crippen LogP contribution < -0.4 is 11.1 Å². The molecule has 0 aromatic carbocycles. The molecule has 0 unspecified atom stereocenters. The van der Waals surface area contributed by atoms with E-state index < -0.39 is 6.03 Å². The molecule has 2 amide bonds. The maximum absolute atomic E-state index is 10.4. The standard InChI is InChI=1S/C10H20N2O/c1-8(7-10(2,3)4)5-6-12-9(11)13/h7H,5-6H2,1-4H3,(H3,11,12,13)/b8-7+. The van der Waals surface area contributed by atoms with E-state index in [1.165, 1.54) is 5.57 Å². The summed E-state index contributed by atoms with van der Waals surface area (Å²) in [6, 6.07) is -0.455. The fraction of sp³-hybridized carbons (Fsp3) is 0.700. The molecule has 13 heavy (non-hydrogen) atoms. The summed E-state index contributed by atoms with van der Waals surface area (Å²) < 4.78 is 0. The van der Waals surface area contributed by atoms with Gasteiger partial charge in [0.2, 0.25) is 0 Å². The fourth-order valence-electron chi connectivity index (χ4n) is 1.19. The molecule has 3 N–H and O–H groups in total. The van der Waals surface area contributed by atoms with E-state index in [4.69, 9.17) is 5.73 Å². The van der Waals surface area contributed by atoms with Crippen molar-refractivity contribution in [1.29, 1.82) is 0 Å². The van der Waals surface area contributed by atoms with Crippen molar-refractivity contribution in [1.82, 2.24) is 5.32 Å². The number of amides is 2. The summed E-state index contributed by atoms with van der Waals surface area (Å²) in [5, 5.41) is 2.56. The number of rotatable bonds is 3. The van der Waals surface area contributed by atoms with E-state index in [0.717, 1.165) is 6.42 Å². The van der Waals surface area contributed by atoms with Crippen LogP contribution in [0.5, 0.6) is 0 Å². The average molecular weight is 184 g/mol. The second-order valence-electron chi connectivity index (χ2n) is 4.40. The molecule has 0 bridgehead atoms. The number of allylic oxidation sites excluding steroid dienone is 1. The number of hydrogen-bond donors (Lipinski definition) is 2. The molecule has 3 heteroatoms. The second kappa shape index (κ2) is 4.90. The molecule has 0 aliphatic heterocycles. The first-order chi connectivity index (χ1) is 5.81. The molecular formula is C10H20N2O. The summed E-state index contributed by atoms with van der Waals surface area (Å²) in [6.45, 7) is 9.13. The minimum Gasteiger partial charge on any atom is -0.352 e. The van der Waals surface area contributed by atoms with Gasteiger partial charge in [-0.1, -0.05) is 32.4 Å². The molecule has 3 nitrogen and oxygen atoms in total. The first-order valence-electron chi connectivity index (χ1n) is 4.53. The van der Waals surface area contributed by atoms with Gasteiger partial charge < -0.3 is 11.1 Å². The maximum atomic E-state index is 10.4. The third-order valence-corrected chi connectivity index (χ3v) is 1.50. The zero-order chi connectivity index (χ0) is 10.5. The lowest BCUT2D eigenvalue weighted by molar-refractivity contribution is 0.249. The minimum absolute atomic E-state index is 0.205. The Bertz CT molecular complexity index is 201. The molecule has 0 atom stereocenters. The molecule has 0 aliphatic carbocycles. The third-order valence-electron chi connectivity index (χ3n) is 1.50. The lowest BCUT2D eigenvalue weighted by Crippen LogP contribution is -2.30. The summed E-state index contributed by atoms with van der Waals surface area (Å²) in [6.07, 6.45) is 3.07. The van der Waals surface area contributed by atoms with E-state index in [1.54, 1.807) is 0 Å². The van der Waals surface area contributed by atoms with Crippen LogP contribution in [0, 0.1) is 5.41 Å². The predicted molar refractivity (Wildman–Crippen MR) is 55.4 cm³/mol. The van der Waals surface area contributed by atoms with Crippen molar-refractivity contribution in [2.45, 2.75) is 34.1 Å². The fourth-order valence-corrected chi connectivity index (χ4v) is 1.19. The third kappa shape index (κ3) is 8.92. The Morgan fingerprint density at radius 3 is 2.38 bits per heavy atom. The Labute approximate surface area is 80.4 Å². The summed E-state index contributed by atoms with van der Waals surface area (Å²) in [5.74, 6) is 0. The van der Waals surface area contributed by atoms with Gasteiger partial charge in [0.15, 0.2) is 0 Å². The second-order valence-corrected chi connectivity index (χ2v) is 4.40. The van der Waals surface area contributed by atoms with Gasteiger partial charge >= 0.3 is 6.03 Å². The molecule has 0 aromatic rings. The minimum atomic E-state index is -0.455. The molecule has 0 spiro atoms. The van der Waals surface area contributed by atoms with Crippen LogP contribution >= 0.6 is 0 Å². The molecule has 0 saturated heterocycles. The van der Waals surface area contributed by atoms with Crippen molar-refractivity contribution >= 4 is 6.03 Å². The van der Waals surface area contributed by atoms with Crippen molar-refractivity contribution in [2.75, 3.05) is 6.54 Å². The number of nitrogens with two attached hydrogens (primary N) is 1. The zero-order valence-electron chi connectivity index (χ0n) is 8.98. The van der Waals surface area contributed by atoms with Gasteiger partial charge in [-0.05, 0) is 18.8 Å². The summed E-state index contributed by atoms with van der Waals surface area (Å²) >= 11 is 0. The van der Waals surface area contributed by atoms with Gasteiger partial charge in [-0.3, -0.25) is 0 Å². The molecule has 0 saturated carbocycles. The van der Waals surface area contributed by atoms with Gasteiger partial charge in [0.25, 0.3) is 0 Å². The van der Waals surface area contributed by atoms with E-state index >= 15 is 0 Å². The highest BCUT2D eigenvalue weighted by Gasteiger charge is 2.05. The molecule has 0 rings (SSSR count). The van der Waals surface area contributed by atoms with Crippen LogP contribution in [0.15, 0.2) is 11.6 Å².